The van der Waals surface area contributed by atoms with Crippen molar-refractivity contribution >= 4 is 31.0 Å². The van der Waals surface area contributed by atoms with E-state index in [1.165, 1.54) is 11.8 Å². The van der Waals surface area contributed by atoms with E-state index in [9.17, 15) is 14.7 Å². The first-order valence-electron chi connectivity index (χ1n) is 13.6. The molecule has 9 nitrogen and oxygen atoms in total. The second kappa shape index (κ2) is 12.4. The molecule has 3 rings (SSSR count). The van der Waals surface area contributed by atoms with Crippen molar-refractivity contribution < 1.29 is 43.0 Å². The topological polar surface area (TPSA) is 110 Å². The van der Waals surface area contributed by atoms with Crippen LogP contribution in [-0.2, 0) is 29.8 Å². The number of fused-ring (bicyclic) bond motifs is 1. The Labute approximate surface area is 236 Å². The standard InChI is InChI=1S/C28H43BO9S/c1-10-33-21(34-11-2)16-39-19-13-12-18(23(22(19)24(30)31)35-25(32)36-26(4,5)6)15-29-37-20-14-27(7,8)17(3)28(20,9)38-29/h12-13,17,20-21H,10-11,14-16H2,1-9H3,(H,30,31)/t17?,20?,28-/m0/s1. The van der Waals surface area contributed by atoms with Crippen LogP contribution in [0.1, 0.15) is 84.7 Å². The highest BCUT2D eigenvalue weighted by molar-refractivity contribution is 7.99. The van der Waals surface area contributed by atoms with Gasteiger partial charge in [-0.1, -0.05) is 26.8 Å². The van der Waals surface area contributed by atoms with E-state index in [0.29, 0.717) is 29.4 Å². The Bertz CT molecular complexity index is 1030. The Kier molecular flexibility index (Phi) is 10.1. The molecule has 39 heavy (non-hydrogen) atoms. The van der Waals surface area contributed by atoms with Crippen LogP contribution < -0.4 is 4.74 Å². The first kappa shape index (κ1) is 31.7. The van der Waals surface area contributed by atoms with E-state index in [-0.39, 0.29) is 35.1 Å². The van der Waals surface area contributed by atoms with Crippen LogP contribution in [0.25, 0.3) is 0 Å². The largest absolute Gasteiger partial charge is 0.514 e. The molecule has 0 aromatic heterocycles. The Hall–Kier alpha value is -1.79. The first-order chi connectivity index (χ1) is 18.1. The highest BCUT2D eigenvalue weighted by Crippen LogP contribution is 2.55. The maximum atomic E-state index is 12.7. The van der Waals surface area contributed by atoms with E-state index in [1.807, 2.05) is 13.8 Å². The second-order valence-electron chi connectivity index (χ2n) is 11.9. The van der Waals surface area contributed by atoms with E-state index in [4.69, 9.17) is 28.3 Å². The molecule has 1 aliphatic heterocycles. The third-order valence-electron chi connectivity index (χ3n) is 7.54. The summed E-state index contributed by atoms with van der Waals surface area (Å²) in [6.07, 6.45) is -0.497. The maximum absolute atomic E-state index is 12.7. The molecular formula is C28H43BO9S. The Balaban J connectivity index is 1.93. The Morgan fingerprint density at radius 1 is 1.18 bits per heavy atom. The number of hydrogen-bond acceptors (Lipinski definition) is 9. The molecule has 3 atom stereocenters. The number of ether oxygens (including phenoxy) is 4. The molecule has 2 aliphatic rings. The summed E-state index contributed by atoms with van der Waals surface area (Å²) in [7, 11) is -0.611. The number of hydrogen-bond donors (Lipinski definition) is 1. The molecule has 1 saturated heterocycles. The molecule has 0 amide bonds. The van der Waals surface area contributed by atoms with Crippen molar-refractivity contribution in [3.05, 3.63) is 23.3 Å². The molecule has 2 fully saturated rings. The summed E-state index contributed by atoms with van der Waals surface area (Å²) < 4.78 is 34.9. The number of benzene rings is 1. The summed E-state index contributed by atoms with van der Waals surface area (Å²) >= 11 is 1.26. The minimum absolute atomic E-state index is 0.0750. The van der Waals surface area contributed by atoms with Gasteiger partial charge in [-0.3, -0.25) is 0 Å². The van der Waals surface area contributed by atoms with Crippen LogP contribution in [0.5, 0.6) is 5.75 Å². The zero-order valence-electron chi connectivity index (χ0n) is 24.6. The summed E-state index contributed by atoms with van der Waals surface area (Å²) in [5.41, 5.74) is -0.851. The summed E-state index contributed by atoms with van der Waals surface area (Å²) in [6.45, 7) is 18.5. The third kappa shape index (κ3) is 7.49. The normalized spacial score (nSPS) is 24.2. The predicted molar refractivity (Wildman–Crippen MR) is 149 cm³/mol. The lowest BCUT2D eigenvalue weighted by Crippen LogP contribution is -2.39. The molecule has 1 heterocycles. The number of carboxylic acids is 1. The molecular weight excluding hydrogens is 523 g/mol. The summed E-state index contributed by atoms with van der Waals surface area (Å²) in [5, 5.41) is 10.2. The van der Waals surface area contributed by atoms with Gasteiger partial charge in [0.2, 0.25) is 0 Å². The quantitative estimate of drug-likeness (QED) is 0.113. The molecule has 11 heteroatoms. The molecule has 0 radical (unpaired) electrons. The monoisotopic (exact) mass is 566 g/mol. The lowest BCUT2D eigenvalue weighted by Gasteiger charge is -2.33. The summed E-state index contributed by atoms with van der Waals surface area (Å²) in [4.78, 5) is 25.7. The van der Waals surface area contributed by atoms with Crippen molar-refractivity contribution in [3.8, 4) is 5.75 Å². The van der Waals surface area contributed by atoms with Gasteiger partial charge in [-0.15, -0.1) is 11.8 Å². The van der Waals surface area contributed by atoms with Crippen LogP contribution in [0.4, 0.5) is 4.79 Å². The van der Waals surface area contributed by atoms with Gasteiger partial charge in [0.05, 0.1) is 11.7 Å². The fourth-order valence-corrected chi connectivity index (χ4v) is 6.27. The fraction of sp³-hybridized carbons (Fsp3) is 0.714. The molecule has 1 saturated carbocycles. The number of carbonyl (C=O) groups excluding carboxylic acids is 1. The van der Waals surface area contributed by atoms with E-state index < -0.39 is 36.7 Å². The van der Waals surface area contributed by atoms with Gasteiger partial charge in [0.25, 0.3) is 0 Å². The van der Waals surface area contributed by atoms with E-state index in [1.54, 1.807) is 32.9 Å². The third-order valence-corrected chi connectivity index (χ3v) is 8.63. The van der Waals surface area contributed by atoms with E-state index in [0.717, 1.165) is 6.42 Å². The fourth-order valence-electron chi connectivity index (χ4n) is 5.27. The van der Waals surface area contributed by atoms with Crippen LogP contribution >= 0.6 is 11.8 Å². The highest BCUT2D eigenvalue weighted by atomic mass is 32.2. The first-order valence-corrected chi connectivity index (χ1v) is 14.6. The van der Waals surface area contributed by atoms with Crippen molar-refractivity contribution in [2.24, 2.45) is 11.3 Å². The zero-order valence-corrected chi connectivity index (χ0v) is 25.4. The lowest BCUT2D eigenvalue weighted by atomic mass is 9.76. The maximum Gasteiger partial charge on any atom is 0.514 e. The summed E-state index contributed by atoms with van der Waals surface area (Å²) in [6, 6.07) is 3.46. The van der Waals surface area contributed by atoms with Crippen LogP contribution in [0.2, 0.25) is 0 Å². The van der Waals surface area contributed by atoms with E-state index in [2.05, 4.69) is 27.7 Å². The minimum Gasteiger partial charge on any atom is -0.478 e. The highest BCUT2D eigenvalue weighted by Gasteiger charge is 2.61. The number of thioether (sulfide) groups is 1. The average Bonchev–Trinajstić information content (AvgIpc) is 3.19. The van der Waals surface area contributed by atoms with Gasteiger partial charge in [-0.25, -0.2) is 9.59 Å². The molecule has 1 aromatic rings. The lowest BCUT2D eigenvalue weighted by molar-refractivity contribution is -0.120. The predicted octanol–water partition coefficient (Wildman–Crippen LogP) is 6.00. The van der Waals surface area contributed by atoms with Gasteiger partial charge in [-0.05, 0) is 70.9 Å². The van der Waals surface area contributed by atoms with Crippen molar-refractivity contribution in [2.45, 2.75) is 104 Å². The van der Waals surface area contributed by atoms with Crippen LogP contribution in [-0.4, -0.2) is 66.9 Å². The van der Waals surface area contributed by atoms with Gasteiger partial charge in [-0.2, -0.15) is 0 Å². The van der Waals surface area contributed by atoms with Crippen molar-refractivity contribution in [3.63, 3.8) is 0 Å². The SMILES string of the molecule is CCOC(CSc1ccc(CB2OC3CC(C)(C)C(C)[C@]3(C)O2)c(OC(=O)OC(C)(C)C)c1C(=O)O)OCC. The average molecular weight is 567 g/mol. The number of carbonyl (C=O) groups is 2. The molecule has 1 aliphatic carbocycles. The van der Waals surface area contributed by atoms with Gasteiger partial charge in [0, 0.05) is 30.2 Å². The Morgan fingerprint density at radius 2 is 1.82 bits per heavy atom. The van der Waals surface area contributed by atoms with Gasteiger partial charge >= 0.3 is 19.2 Å². The van der Waals surface area contributed by atoms with Crippen molar-refractivity contribution in [1.29, 1.82) is 0 Å². The minimum atomic E-state index is -1.23. The molecule has 1 aromatic carbocycles. The molecule has 218 valence electrons. The molecule has 0 bridgehead atoms. The van der Waals surface area contributed by atoms with Gasteiger partial charge in [0.1, 0.15) is 11.2 Å². The van der Waals surface area contributed by atoms with Crippen LogP contribution in [0.15, 0.2) is 17.0 Å². The number of aromatic carboxylic acids is 1. The second-order valence-corrected chi connectivity index (χ2v) is 13.0. The molecule has 0 spiro atoms. The number of carboxylic acid groups (broad SMARTS) is 1. The van der Waals surface area contributed by atoms with E-state index >= 15 is 0 Å². The smallest absolute Gasteiger partial charge is 0.478 e. The zero-order chi connectivity index (χ0) is 29.2. The van der Waals surface area contributed by atoms with Crippen LogP contribution in [0.3, 0.4) is 0 Å². The van der Waals surface area contributed by atoms with Gasteiger partial charge < -0.3 is 33.4 Å². The number of rotatable bonds is 11. The summed E-state index contributed by atoms with van der Waals surface area (Å²) in [5.74, 6) is -0.687. The van der Waals surface area contributed by atoms with Crippen molar-refractivity contribution in [1.82, 2.24) is 0 Å². The molecule has 2 unspecified atom stereocenters. The molecule has 1 N–H and O–H groups in total. The van der Waals surface area contributed by atoms with Gasteiger partial charge in [0.15, 0.2) is 12.0 Å². The Morgan fingerprint density at radius 3 is 2.36 bits per heavy atom. The van der Waals surface area contributed by atoms with Crippen LogP contribution in [0, 0.1) is 11.3 Å². The van der Waals surface area contributed by atoms with Crippen molar-refractivity contribution in [2.75, 3.05) is 19.0 Å².